The molecule has 1 aliphatic heterocycles. The van der Waals surface area contributed by atoms with Crippen molar-refractivity contribution in [1.29, 1.82) is 0 Å². The number of amides is 1. The zero-order valence-electron chi connectivity index (χ0n) is 11.7. The van der Waals surface area contributed by atoms with E-state index in [4.69, 9.17) is 4.74 Å². The average molecular weight is 254 g/mol. The highest BCUT2D eigenvalue weighted by Crippen LogP contribution is 2.28. The Balaban J connectivity index is 1.81. The number of ether oxygens (including phenoxy) is 1. The lowest BCUT2D eigenvalue weighted by molar-refractivity contribution is -0.124. The molecule has 2 rings (SSSR count). The molecule has 1 saturated heterocycles. The minimum atomic E-state index is -0.0681. The van der Waals surface area contributed by atoms with Crippen LogP contribution in [0.1, 0.15) is 39.5 Å². The molecule has 0 aromatic carbocycles. The number of carbonyl (C=O) groups is 1. The highest BCUT2D eigenvalue weighted by Gasteiger charge is 2.32. The summed E-state index contributed by atoms with van der Waals surface area (Å²) >= 11 is 0. The molecule has 18 heavy (non-hydrogen) atoms. The van der Waals surface area contributed by atoms with Crippen molar-refractivity contribution < 1.29 is 9.53 Å². The molecular formula is C14H26N2O2. The number of hydrogen-bond donors (Lipinski definition) is 2. The van der Waals surface area contributed by atoms with Gasteiger partial charge in [0.15, 0.2) is 0 Å². The standard InChI is InChI=1S/C14H26N2O2/c1-9-4-5-12(10(2)6-9)16-14(17)13-7-11(18-3)8-15-13/h9-13,15H,4-8H2,1-3H3,(H,16,17). The molecule has 0 bridgehead atoms. The lowest BCUT2D eigenvalue weighted by atomic mass is 9.80. The SMILES string of the molecule is COC1CNC(C(=O)NC2CCC(C)CC2C)C1. The Morgan fingerprint density at radius 3 is 2.67 bits per heavy atom. The molecule has 0 aromatic rings. The van der Waals surface area contributed by atoms with E-state index >= 15 is 0 Å². The minimum absolute atomic E-state index is 0.0681. The molecule has 2 fully saturated rings. The third kappa shape index (κ3) is 3.23. The van der Waals surface area contributed by atoms with Crippen LogP contribution in [0.15, 0.2) is 0 Å². The highest BCUT2D eigenvalue weighted by molar-refractivity contribution is 5.82. The van der Waals surface area contributed by atoms with Gasteiger partial charge >= 0.3 is 0 Å². The summed E-state index contributed by atoms with van der Waals surface area (Å²) in [5, 5.41) is 6.45. The van der Waals surface area contributed by atoms with E-state index in [0.29, 0.717) is 12.0 Å². The van der Waals surface area contributed by atoms with Gasteiger partial charge in [0.25, 0.3) is 0 Å². The summed E-state index contributed by atoms with van der Waals surface area (Å²) < 4.78 is 5.27. The Bertz CT molecular complexity index is 296. The van der Waals surface area contributed by atoms with Crippen molar-refractivity contribution in [2.45, 2.75) is 57.7 Å². The van der Waals surface area contributed by atoms with Crippen molar-refractivity contribution in [3.05, 3.63) is 0 Å². The summed E-state index contributed by atoms with van der Waals surface area (Å²) in [6.07, 6.45) is 4.55. The summed E-state index contributed by atoms with van der Waals surface area (Å²) in [6, 6.07) is 0.290. The van der Waals surface area contributed by atoms with Crippen LogP contribution in [0.2, 0.25) is 0 Å². The fourth-order valence-corrected chi connectivity index (χ4v) is 3.25. The van der Waals surface area contributed by atoms with E-state index in [1.54, 1.807) is 7.11 Å². The smallest absolute Gasteiger partial charge is 0.237 e. The molecule has 1 amide bonds. The molecule has 0 aromatic heterocycles. The Kier molecular flexibility index (Phi) is 4.62. The van der Waals surface area contributed by atoms with Gasteiger partial charge in [-0.1, -0.05) is 13.8 Å². The van der Waals surface area contributed by atoms with Gasteiger partial charge in [0.1, 0.15) is 0 Å². The number of nitrogens with one attached hydrogen (secondary N) is 2. The first-order valence-corrected chi connectivity index (χ1v) is 7.16. The first-order valence-electron chi connectivity index (χ1n) is 7.16. The molecule has 2 N–H and O–H groups in total. The van der Waals surface area contributed by atoms with Gasteiger partial charge in [0.05, 0.1) is 12.1 Å². The molecule has 5 unspecified atom stereocenters. The van der Waals surface area contributed by atoms with E-state index in [1.165, 1.54) is 12.8 Å². The van der Waals surface area contributed by atoms with Crippen molar-refractivity contribution in [2.75, 3.05) is 13.7 Å². The Labute approximate surface area is 110 Å². The summed E-state index contributed by atoms with van der Waals surface area (Å²) in [4.78, 5) is 12.2. The third-order valence-corrected chi connectivity index (χ3v) is 4.50. The van der Waals surface area contributed by atoms with Crippen molar-refractivity contribution >= 4 is 5.91 Å². The Morgan fingerprint density at radius 2 is 2.06 bits per heavy atom. The second-order valence-corrected chi connectivity index (χ2v) is 6.06. The Hall–Kier alpha value is -0.610. The zero-order valence-corrected chi connectivity index (χ0v) is 11.7. The van der Waals surface area contributed by atoms with E-state index in [-0.39, 0.29) is 18.1 Å². The largest absolute Gasteiger partial charge is 0.380 e. The predicted molar refractivity (Wildman–Crippen MR) is 71.3 cm³/mol. The molecule has 1 heterocycles. The van der Waals surface area contributed by atoms with Crippen LogP contribution in [-0.2, 0) is 9.53 Å². The number of hydrogen-bond acceptors (Lipinski definition) is 3. The number of methoxy groups -OCH3 is 1. The molecule has 2 aliphatic rings. The summed E-state index contributed by atoms with van der Waals surface area (Å²) in [5.41, 5.74) is 0. The van der Waals surface area contributed by atoms with Gasteiger partial charge < -0.3 is 15.4 Å². The van der Waals surface area contributed by atoms with Gasteiger partial charge in [-0.15, -0.1) is 0 Å². The topological polar surface area (TPSA) is 50.4 Å². The third-order valence-electron chi connectivity index (χ3n) is 4.50. The van der Waals surface area contributed by atoms with Crippen LogP contribution in [0.3, 0.4) is 0 Å². The predicted octanol–water partition coefficient (Wildman–Crippen LogP) is 1.30. The molecule has 0 radical (unpaired) electrons. The van der Waals surface area contributed by atoms with Gasteiger partial charge in [-0.05, 0) is 37.5 Å². The van der Waals surface area contributed by atoms with Crippen LogP contribution in [-0.4, -0.2) is 37.7 Å². The molecule has 4 nitrogen and oxygen atoms in total. The lowest BCUT2D eigenvalue weighted by Crippen LogP contribution is -2.48. The molecule has 5 atom stereocenters. The van der Waals surface area contributed by atoms with E-state index < -0.39 is 0 Å². The summed E-state index contributed by atoms with van der Waals surface area (Å²) in [7, 11) is 1.71. The fraction of sp³-hybridized carbons (Fsp3) is 0.929. The lowest BCUT2D eigenvalue weighted by Gasteiger charge is -2.33. The molecule has 1 aliphatic carbocycles. The average Bonchev–Trinajstić information content (AvgIpc) is 2.81. The van der Waals surface area contributed by atoms with E-state index in [9.17, 15) is 4.79 Å². The molecule has 0 spiro atoms. The van der Waals surface area contributed by atoms with Gasteiger partial charge in [-0.25, -0.2) is 0 Å². The molecule has 104 valence electrons. The fourth-order valence-electron chi connectivity index (χ4n) is 3.25. The first kappa shape index (κ1) is 13.8. The molecule has 1 saturated carbocycles. The van der Waals surface area contributed by atoms with Crippen LogP contribution in [0.4, 0.5) is 0 Å². The van der Waals surface area contributed by atoms with Crippen LogP contribution in [0.25, 0.3) is 0 Å². The second-order valence-electron chi connectivity index (χ2n) is 6.06. The maximum atomic E-state index is 12.2. The van der Waals surface area contributed by atoms with E-state index in [0.717, 1.165) is 25.3 Å². The van der Waals surface area contributed by atoms with Gasteiger partial charge in [-0.2, -0.15) is 0 Å². The van der Waals surface area contributed by atoms with Gasteiger partial charge in [0.2, 0.25) is 5.91 Å². The number of carbonyl (C=O) groups excluding carboxylic acids is 1. The van der Waals surface area contributed by atoms with Crippen molar-refractivity contribution in [3.8, 4) is 0 Å². The highest BCUT2D eigenvalue weighted by atomic mass is 16.5. The maximum absolute atomic E-state index is 12.2. The number of rotatable bonds is 3. The van der Waals surface area contributed by atoms with Crippen LogP contribution in [0.5, 0.6) is 0 Å². The van der Waals surface area contributed by atoms with E-state index in [2.05, 4.69) is 24.5 Å². The normalized spacial score (nSPS) is 40.7. The minimum Gasteiger partial charge on any atom is -0.380 e. The van der Waals surface area contributed by atoms with Crippen molar-refractivity contribution in [1.82, 2.24) is 10.6 Å². The molecular weight excluding hydrogens is 228 g/mol. The Morgan fingerprint density at radius 1 is 1.28 bits per heavy atom. The molecule has 4 heteroatoms. The van der Waals surface area contributed by atoms with Crippen molar-refractivity contribution in [3.63, 3.8) is 0 Å². The summed E-state index contributed by atoms with van der Waals surface area (Å²) in [5.74, 6) is 1.55. The zero-order chi connectivity index (χ0) is 13.1. The van der Waals surface area contributed by atoms with Gasteiger partial charge in [-0.3, -0.25) is 4.79 Å². The second kappa shape index (κ2) is 6.02. The maximum Gasteiger partial charge on any atom is 0.237 e. The first-order chi connectivity index (χ1) is 8.60. The quantitative estimate of drug-likeness (QED) is 0.798. The van der Waals surface area contributed by atoms with E-state index in [1.807, 2.05) is 0 Å². The van der Waals surface area contributed by atoms with Crippen LogP contribution < -0.4 is 10.6 Å². The van der Waals surface area contributed by atoms with Gasteiger partial charge in [0, 0.05) is 19.7 Å². The van der Waals surface area contributed by atoms with Crippen LogP contribution >= 0.6 is 0 Å². The summed E-state index contributed by atoms with van der Waals surface area (Å²) in [6.45, 7) is 5.34. The van der Waals surface area contributed by atoms with Crippen molar-refractivity contribution in [2.24, 2.45) is 11.8 Å². The monoisotopic (exact) mass is 254 g/mol. The van der Waals surface area contributed by atoms with Crippen LogP contribution in [0, 0.1) is 11.8 Å².